The van der Waals surface area contributed by atoms with Gasteiger partial charge in [-0.1, -0.05) is 91.9 Å². The zero-order chi connectivity index (χ0) is 29.2. The summed E-state index contributed by atoms with van der Waals surface area (Å²) in [5.41, 5.74) is 3.77. The summed E-state index contributed by atoms with van der Waals surface area (Å²) in [5, 5.41) is 2.76. The number of hydrogen-bond donors (Lipinski definition) is 3. The van der Waals surface area contributed by atoms with E-state index in [9.17, 15) is 18.0 Å². The molecule has 3 atom stereocenters. The van der Waals surface area contributed by atoms with Crippen molar-refractivity contribution >= 4 is 40.2 Å². The molecule has 0 spiro atoms. The average Bonchev–Trinajstić information content (AvgIpc) is 3.39. The number of sulfonamides is 1. The number of anilines is 1. The van der Waals surface area contributed by atoms with Gasteiger partial charge < -0.3 is 10.2 Å². The Morgan fingerprint density at radius 1 is 0.951 bits per heavy atom. The van der Waals surface area contributed by atoms with Crippen LogP contribution in [0, 0.1) is 0 Å². The molecule has 7 nitrogen and oxygen atoms in total. The van der Waals surface area contributed by atoms with Crippen LogP contribution >= 0.6 is 12.6 Å². The molecule has 4 rings (SSSR count). The second kappa shape index (κ2) is 14.5. The number of para-hydroxylation sites is 1. The maximum atomic E-state index is 13.5. The Morgan fingerprint density at radius 2 is 1.59 bits per heavy atom. The van der Waals surface area contributed by atoms with Crippen LogP contribution in [0.2, 0.25) is 0 Å². The zero-order valence-electron chi connectivity index (χ0n) is 23.1. The molecule has 0 aromatic heterocycles. The molecule has 0 saturated heterocycles. The lowest BCUT2D eigenvalue weighted by Crippen LogP contribution is -2.50. The van der Waals surface area contributed by atoms with Crippen molar-refractivity contribution in [1.82, 2.24) is 10.0 Å². The van der Waals surface area contributed by atoms with Crippen molar-refractivity contribution in [2.45, 2.75) is 55.7 Å². The highest BCUT2D eigenvalue weighted by molar-refractivity contribution is 7.88. The molecule has 1 aliphatic heterocycles. The second-order valence-electron chi connectivity index (χ2n) is 10.4. The molecule has 0 aliphatic carbocycles. The van der Waals surface area contributed by atoms with E-state index in [1.54, 1.807) is 35.2 Å². The van der Waals surface area contributed by atoms with E-state index in [4.69, 9.17) is 0 Å². The van der Waals surface area contributed by atoms with Crippen molar-refractivity contribution < 1.29 is 18.0 Å². The molecular weight excluding hydrogens is 555 g/mol. The number of rotatable bonds is 13. The van der Waals surface area contributed by atoms with Gasteiger partial charge in [0.2, 0.25) is 15.9 Å². The van der Waals surface area contributed by atoms with Crippen molar-refractivity contribution in [1.29, 1.82) is 0 Å². The van der Waals surface area contributed by atoms with Crippen LogP contribution < -0.4 is 14.9 Å². The minimum Gasteiger partial charge on any atom is -0.348 e. The maximum absolute atomic E-state index is 13.5. The number of carbonyl (C=O) groups is 2. The van der Waals surface area contributed by atoms with Crippen molar-refractivity contribution in [3.8, 4) is 0 Å². The van der Waals surface area contributed by atoms with Gasteiger partial charge in [-0.05, 0) is 48.4 Å². The number of hydrogen-bond acceptors (Lipinski definition) is 5. The molecule has 41 heavy (non-hydrogen) atoms. The number of benzene rings is 3. The molecule has 9 heteroatoms. The molecule has 0 fully saturated rings. The molecule has 2 N–H and O–H groups in total. The molecular formula is C32H37N3O4S2. The normalized spacial score (nSPS) is 15.3. The fourth-order valence-electron chi connectivity index (χ4n) is 4.92. The predicted molar refractivity (Wildman–Crippen MR) is 167 cm³/mol. The Balaban J connectivity index is 1.48. The third-order valence-electron chi connectivity index (χ3n) is 6.95. The molecule has 2 amide bonds. The van der Waals surface area contributed by atoms with E-state index >= 15 is 0 Å². The van der Waals surface area contributed by atoms with Gasteiger partial charge in [0.25, 0.3) is 5.91 Å². The van der Waals surface area contributed by atoms with Crippen molar-refractivity contribution in [2.75, 3.05) is 11.4 Å². The Morgan fingerprint density at radius 3 is 2.27 bits per heavy atom. The number of thiol groups is 1. The van der Waals surface area contributed by atoms with Gasteiger partial charge in [-0.25, -0.2) is 13.1 Å². The highest BCUT2D eigenvalue weighted by Crippen LogP contribution is 2.27. The first-order valence-corrected chi connectivity index (χ1v) is 16.0. The van der Waals surface area contributed by atoms with Gasteiger partial charge in [0.05, 0.1) is 5.75 Å². The molecule has 0 saturated carbocycles. The maximum Gasteiger partial charge on any atom is 0.250 e. The lowest BCUT2D eigenvalue weighted by molar-refractivity contribution is -0.123. The molecule has 3 aromatic rings. The fraction of sp³-hybridized carbons (Fsp3) is 0.312. The minimum atomic E-state index is -3.80. The van der Waals surface area contributed by atoms with Gasteiger partial charge in [-0.2, -0.15) is 12.6 Å². The van der Waals surface area contributed by atoms with E-state index in [1.807, 2.05) is 67.6 Å². The number of nitrogens with one attached hydrogen (secondary N) is 2. The molecule has 1 unspecified atom stereocenters. The Hall–Kier alpha value is -3.40. The summed E-state index contributed by atoms with van der Waals surface area (Å²) in [6, 6.07) is 25.1. The van der Waals surface area contributed by atoms with Crippen LogP contribution in [0.25, 0.3) is 0 Å². The summed E-state index contributed by atoms with van der Waals surface area (Å²) < 4.78 is 28.5. The summed E-state index contributed by atoms with van der Waals surface area (Å²) in [6.45, 7) is 2.42. The molecule has 3 aromatic carbocycles. The van der Waals surface area contributed by atoms with Crippen LogP contribution in [0.4, 0.5) is 5.69 Å². The van der Waals surface area contributed by atoms with Gasteiger partial charge in [0.15, 0.2) is 0 Å². The average molecular weight is 592 g/mol. The van der Waals surface area contributed by atoms with Crippen LogP contribution in [0.3, 0.4) is 0 Å². The summed E-state index contributed by atoms with van der Waals surface area (Å²) in [7, 11) is -3.80. The van der Waals surface area contributed by atoms with E-state index in [-0.39, 0.29) is 23.3 Å². The second-order valence-corrected chi connectivity index (χ2v) is 13.0. The summed E-state index contributed by atoms with van der Waals surface area (Å²) >= 11 is 4.42. The molecule has 0 bridgehead atoms. The van der Waals surface area contributed by atoms with Gasteiger partial charge in [-0.3, -0.25) is 9.59 Å². The van der Waals surface area contributed by atoms with Crippen molar-refractivity contribution in [3.63, 3.8) is 0 Å². The van der Waals surface area contributed by atoms with Gasteiger partial charge in [0.1, 0.15) is 6.04 Å². The van der Waals surface area contributed by atoms with E-state index in [1.165, 1.54) is 6.08 Å². The highest BCUT2D eigenvalue weighted by atomic mass is 32.2. The molecule has 216 valence electrons. The van der Waals surface area contributed by atoms with Crippen LogP contribution in [0.1, 0.15) is 36.5 Å². The third-order valence-corrected chi connectivity index (χ3v) is 8.52. The van der Waals surface area contributed by atoms with Crippen LogP contribution in [-0.4, -0.2) is 44.1 Å². The molecule has 0 radical (unpaired) electrons. The zero-order valence-corrected chi connectivity index (χ0v) is 24.9. The monoisotopic (exact) mass is 591 g/mol. The predicted octanol–water partition coefficient (Wildman–Crippen LogP) is 4.45. The van der Waals surface area contributed by atoms with Gasteiger partial charge >= 0.3 is 0 Å². The van der Waals surface area contributed by atoms with E-state index < -0.39 is 28.0 Å². The number of fused-ring (bicyclic) bond motifs is 1. The van der Waals surface area contributed by atoms with E-state index in [0.717, 1.165) is 23.2 Å². The summed E-state index contributed by atoms with van der Waals surface area (Å²) in [4.78, 5) is 28.4. The van der Waals surface area contributed by atoms with Gasteiger partial charge in [0, 0.05) is 29.6 Å². The van der Waals surface area contributed by atoms with Crippen molar-refractivity contribution in [3.05, 3.63) is 114 Å². The number of amides is 2. The van der Waals surface area contributed by atoms with E-state index in [2.05, 4.69) is 22.7 Å². The first kappa shape index (κ1) is 30.6. The lowest BCUT2D eigenvalue weighted by atomic mass is 10.0. The van der Waals surface area contributed by atoms with Crippen molar-refractivity contribution in [2.24, 2.45) is 0 Å². The quantitative estimate of drug-likeness (QED) is 0.202. The first-order valence-electron chi connectivity index (χ1n) is 13.8. The SMILES string of the molecule is CC(S)C[C@H](NS(=O)(=O)Cc1ccccc1)C(=O)N[C@H](C=CC(=O)N1CCc2ccccc21)CCc1ccccc1. The van der Waals surface area contributed by atoms with E-state index in [0.29, 0.717) is 24.9 Å². The third kappa shape index (κ3) is 9.31. The lowest BCUT2D eigenvalue weighted by Gasteiger charge is -2.23. The number of carbonyl (C=O) groups excluding carboxylic acids is 2. The van der Waals surface area contributed by atoms with Crippen LogP contribution in [0.15, 0.2) is 97.1 Å². The first-order chi connectivity index (χ1) is 19.7. The minimum absolute atomic E-state index is 0.155. The topological polar surface area (TPSA) is 95.6 Å². The Labute approximate surface area is 248 Å². The van der Waals surface area contributed by atoms with Crippen LogP contribution in [0.5, 0.6) is 0 Å². The number of aryl methyl sites for hydroxylation is 1. The van der Waals surface area contributed by atoms with Gasteiger partial charge in [-0.15, -0.1) is 0 Å². The Kier molecular flexibility index (Phi) is 10.8. The Bertz CT molecular complexity index is 1440. The van der Waals surface area contributed by atoms with Crippen LogP contribution in [-0.2, 0) is 38.2 Å². The summed E-state index contributed by atoms with van der Waals surface area (Å²) in [5.74, 6) is -0.843. The smallest absolute Gasteiger partial charge is 0.250 e. The molecule has 1 aliphatic rings. The largest absolute Gasteiger partial charge is 0.348 e. The molecule has 1 heterocycles. The fourth-order valence-corrected chi connectivity index (χ4v) is 6.49. The summed E-state index contributed by atoms with van der Waals surface area (Å²) in [6.07, 6.45) is 5.44. The standard InChI is InChI=1S/C32H37N3O4S2/c1-24(40)22-29(34-41(38,39)23-26-12-6-3-7-13-26)32(37)33-28(17-16-25-10-4-2-5-11-25)18-19-31(36)35-21-20-27-14-8-9-15-30(27)35/h2-15,18-19,24,28-29,34,40H,16-17,20-23H2,1H3,(H,33,37)/t24?,28-,29-/m0/s1. The highest BCUT2D eigenvalue weighted by Gasteiger charge is 2.28. The number of nitrogens with zero attached hydrogens (tertiary/aromatic N) is 1.